The van der Waals surface area contributed by atoms with Crippen molar-refractivity contribution in [2.24, 2.45) is 0 Å². The second-order valence-corrected chi connectivity index (χ2v) is 9.51. The maximum absolute atomic E-state index is 4.78. The third kappa shape index (κ3) is 3.21. The van der Waals surface area contributed by atoms with Crippen molar-refractivity contribution in [3.63, 3.8) is 0 Å². The Kier molecular flexibility index (Phi) is 5.42. The standard InChI is InChI=1S/C29H27N2.Rh/c1-29(2)25-13-7-5-12-23(25)24-19-21(15-16-26(24)29)28-30-17-18-31(28)27-14-8-6-11-22(27)20-9-3-4-10-20;/h5-8,11-14,16-20H,3-4,9-10H2,1-2H3;/q-1;. The fourth-order valence-corrected chi connectivity index (χ4v) is 5.75. The molecule has 0 aliphatic heterocycles. The second kappa shape index (κ2) is 8.12. The molecule has 1 heterocycles. The predicted molar refractivity (Wildman–Crippen MR) is 127 cm³/mol. The summed E-state index contributed by atoms with van der Waals surface area (Å²) < 4.78 is 2.26. The molecule has 0 amide bonds. The van der Waals surface area contributed by atoms with Crippen molar-refractivity contribution in [2.45, 2.75) is 50.9 Å². The number of benzene rings is 3. The Bertz CT molecular complexity index is 1280. The van der Waals surface area contributed by atoms with Gasteiger partial charge in [-0.1, -0.05) is 74.7 Å². The first kappa shape index (κ1) is 21.3. The van der Waals surface area contributed by atoms with Crippen LogP contribution in [-0.4, -0.2) is 9.55 Å². The van der Waals surface area contributed by atoms with Gasteiger partial charge in [0.05, 0.1) is 5.82 Å². The van der Waals surface area contributed by atoms with Gasteiger partial charge in [0.25, 0.3) is 0 Å². The summed E-state index contributed by atoms with van der Waals surface area (Å²) in [6, 6.07) is 25.7. The topological polar surface area (TPSA) is 17.8 Å². The Morgan fingerprint density at radius 2 is 1.69 bits per heavy atom. The zero-order chi connectivity index (χ0) is 21.0. The van der Waals surface area contributed by atoms with Crippen LogP contribution in [0.15, 0.2) is 73.1 Å². The maximum Gasteiger partial charge on any atom is 0.0603 e. The van der Waals surface area contributed by atoms with Crippen LogP contribution in [0.3, 0.4) is 0 Å². The molecule has 3 aromatic carbocycles. The fourth-order valence-electron chi connectivity index (χ4n) is 5.75. The van der Waals surface area contributed by atoms with Gasteiger partial charge in [-0.15, -0.1) is 29.3 Å². The molecule has 32 heavy (non-hydrogen) atoms. The van der Waals surface area contributed by atoms with E-state index in [1.807, 2.05) is 6.20 Å². The first-order valence-corrected chi connectivity index (χ1v) is 11.4. The Hall–Kier alpha value is -2.51. The molecular formula is C29H27N2Rh-. The number of fused-ring (bicyclic) bond motifs is 3. The van der Waals surface area contributed by atoms with Gasteiger partial charge >= 0.3 is 0 Å². The van der Waals surface area contributed by atoms with Crippen LogP contribution in [0.1, 0.15) is 62.1 Å². The summed E-state index contributed by atoms with van der Waals surface area (Å²) in [5.41, 5.74) is 9.16. The summed E-state index contributed by atoms with van der Waals surface area (Å²) in [4.78, 5) is 4.78. The van der Waals surface area contributed by atoms with Crippen molar-refractivity contribution in [2.75, 3.05) is 0 Å². The van der Waals surface area contributed by atoms with Crippen molar-refractivity contribution in [3.05, 3.63) is 95.8 Å². The molecule has 6 rings (SSSR count). The van der Waals surface area contributed by atoms with E-state index in [1.165, 1.54) is 59.2 Å². The first-order valence-electron chi connectivity index (χ1n) is 11.4. The molecule has 0 N–H and O–H groups in total. The number of hydrogen-bond donors (Lipinski definition) is 0. The molecule has 0 spiro atoms. The van der Waals surface area contributed by atoms with E-state index in [4.69, 9.17) is 4.98 Å². The average Bonchev–Trinajstić information content (AvgIpc) is 3.54. The third-order valence-corrected chi connectivity index (χ3v) is 7.39. The Morgan fingerprint density at radius 3 is 2.53 bits per heavy atom. The quantitative estimate of drug-likeness (QED) is 0.211. The van der Waals surface area contributed by atoms with Gasteiger partial charge in [-0.3, -0.25) is 4.98 Å². The van der Waals surface area contributed by atoms with Gasteiger partial charge < -0.3 is 4.57 Å². The minimum absolute atomic E-state index is 0. The van der Waals surface area contributed by atoms with E-state index < -0.39 is 0 Å². The fraction of sp³-hybridized carbons (Fsp3) is 0.276. The van der Waals surface area contributed by atoms with Crippen LogP contribution in [0.25, 0.3) is 28.2 Å². The SMILES string of the molecule is CC1(C)c2c[c-]c(-c3nccn3-c3ccccc3C3CCCC3)cc2-c2ccccc21.[Rh]. The molecule has 2 aliphatic carbocycles. The monoisotopic (exact) mass is 506 g/mol. The van der Waals surface area contributed by atoms with Crippen molar-refractivity contribution >= 4 is 0 Å². The minimum atomic E-state index is 0. The number of hydrogen-bond acceptors (Lipinski definition) is 1. The molecule has 4 aromatic rings. The van der Waals surface area contributed by atoms with Gasteiger partial charge in [-0.25, -0.2) is 0 Å². The molecular weight excluding hydrogens is 479 g/mol. The molecule has 3 heteroatoms. The smallest absolute Gasteiger partial charge is 0.0603 e. The Balaban J connectivity index is 0.00000216. The molecule has 1 saturated carbocycles. The summed E-state index contributed by atoms with van der Waals surface area (Å²) in [7, 11) is 0. The van der Waals surface area contributed by atoms with E-state index in [0.29, 0.717) is 5.92 Å². The van der Waals surface area contributed by atoms with Gasteiger partial charge in [0, 0.05) is 37.6 Å². The summed E-state index contributed by atoms with van der Waals surface area (Å²) in [5.74, 6) is 1.62. The Morgan fingerprint density at radius 1 is 0.938 bits per heavy atom. The molecule has 0 bridgehead atoms. The molecule has 0 atom stereocenters. The van der Waals surface area contributed by atoms with Crippen LogP contribution in [0, 0.1) is 6.07 Å². The number of imidazole rings is 1. The van der Waals surface area contributed by atoms with Crippen molar-refractivity contribution < 1.29 is 19.5 Å². The first-order chi connectivity index (χ1) is 15.1. The number of para-hydroxylation sites is 1. The molecule has 2 nitrogen and oxygen atoms in total. The maximum atomic E-state index is 4.78. The summed E-state index contributed by atoms with van der Waals surface area (Å²) >= 11 is 0. The van der Waals surface area contributed by atoms with E-state index >= 15 is 0 Å². The largest absolute Gasteiger partial charge is 0.340 e. The molecule has 163 valence electrons. The molecule has 1 aromatic heterocycles. The number of nitrogens with zero attached hydrogens (tertiary/aromatic N) is 2. The molecule has 1 radical (unpaired) electrons. The average molecular weight is 506 g/mol. The van der Waals surface area contributed by atoms with E-state index in [1.54, 1.807) is 0 Å². The van der Waals surface area contributed by atoms with E-state index in [-0.39, 0.29) is 24.9 Å². The molecule has 0 saturated heterocycles. The van der Waals surface area contributed by atoms with Gasteiger partial charge in [-0.2, -0.15) is 0 Å². The van der Waals surface area contributed by atoms with E-state index in [9.17, 15) is 0 Å². The van der Waals surface area contributed by atoms with Crippen LogP contribution >= 0.6 is 0 Å². The minimum Gasteiger partial charge on any atom is -0.340 e. The van der Waals surface area contributed by atoms with Crippen LogP contribution in [0.4, 0.5) is 0 Å². The number of aromatic nitrogens is 2. The van der Waals surface area contributed by atoms with Gasteiger partial charge in [0.1, 0.15) is 0 Å². The zero-order valence-electron chi connectivity index (χ0n) is 18.6. The van der Waals surface area contributed by atoms with Crippen molar-refractivity contribution in [1.82, 2.24) is 9.55 Å². The molecule has 0 unspecified atom stereocenters. The van der Waals surface area contributed by atoms with Crippen LogP contribution in [0.5, 0.6) is 0 Å². The zero-order valence-corrected chi connectivity index (χ0v) is 20.2. The molecule has 2 aliphatic rings. The van der Waals surface area contributed by atoms with Gasteiger partial charge in [-0.05, 0) is 46.9 Å². The third-order valence-electron chi connectivity index (χ3n) is 7.39. The van der Waals surface area contributed by atoms with Crippen LogP contribution < -0.4 is 0 Å². The second-order valence-electron chi connectivity index (χ2n) is 9.51. The summed E-state index contributed by atoms with van der Waals surface area (Å²) in [6.45, 7) is 4.62. The van der Waals surface area contributed by atoms with E-state index in [0.717, 1.165) is 11.4 Å². The Labute approximate surface area is 203 Å². The van der Waals surface area contributed by atoms with Crippen LogP contribution in [-0.2, 0) is 24.9 Å². The normalized spacial score (nSPS) is 16.4. The van der Waals surface area contributed by atoms with Crippen molar-refractivity contribution in [3.8, 4) is 28.2 Å². The summed E-state index contributed by atoms with van der Waals surface area (Å²) in [5, 5.41) is 0. The molecule has 1 fully saturated rings. The van der Waals surface area contributed by atoms with E-state index in [2.05, 4.69) is 91.3 Å². The predicted octanol–water partition coefficient (Wildman–Crippen LogP) is 7.30. The van der Waals surface area contributed by atoms with Gasteiger partial charge in [0.2, 0.25) is 0 Å². The van der Waals surface area contributed by atoms with Crippen molar-refractivity contribution in [1.29, 1.82) is 0 Å². The van der Waals surface area contributed by atoms with Gasteiger partial charge in [0.15, 0.2) is 0 Å². The summed E-state index contributed by atoms with van der Waals surface area (Å²) in [6.07, 6.45) is 9.27. The number of rotatable bonds is 3. The van der Waals surface area contributed by atoms with Crippen LogP contribution in [0.2, 0.25) is 0 Å².